The molecule has 1 fully saturated rings. The van der Waals surface area contributed by atoms with Crippen LogP contribution in [0.4, 0.5) is 23.2 Å². The van der Waals surface area contributed by atoms with Gasteiger partial charge in [0.25, 0.3) is 0 Å². The third kappa shape index (κ3) is 5.11. The first-order valence-electron chi connectivity index (χ1n) is 9.77. The summed E-state index contributed by atoms with van der Waals surface area (Å²) in [5, 5.41) is 5.74. The van der Waals surface area contributed by atoms with Crippen molar-refractivity contribution < 1.29 is 27.1 Å². The fourth-order valence-electron chi connectivity index (χ4n) is 3.33. The molecule has 1 saturated heterocycles. The molecule has 0 spiro atoms. The van der Waals surface area contributed by atoms with Crippen molar-refractivity contribution in [2.75, 3.05) is 25.1 Å². The van der Waals surface area contributed by atoms with Gasteiger partial charge >= 0.3 is 6.18 Å². The zero-order chi connectivity index (χ0) is 22.7. The monoisotopic (exact) mass is 449 g/mol. The van der Waals surface area contributed by atoms with Crippen molar-refractivity contribution in [3.63, 3.8) is 0 Å². The first kappa shape index (κ1) is 21.9. The minimum atomic E-state index is -4.60. The zero-order valence-corrected chi connectivity index (χ0v) is 16.7. The highest BCUT2D eigenvalue weighted by atomic mass is 19.4. The predicted octanol–water partition coefficient (Wildman–Crippen LogP) is 3.27. The molecule has 0 radical (unpaired) electrons. The van der Waals surface area contributed by atoms with Crippen LogP contribution in [0.15, 0.2) is 48.9 Å². The van der Waals surface area contributed by atoms with Gasteiger partial charge in [-0.3, -0.25) is 4.79 Å². The molecule has 3 aromatic rings. The summed E-state index contributed by atoms with van der Waals surface area (Å²) in [6.07, 6.45) is -0.306. The Kier molecular flexibility index (Phi) is 6.19. The van der Waals surface area contributed by atoms with Crippen LogP contribution in [0, 0.1) is 5.82 Å². The van der Waals surface area contributed by atoms with Gasteiger partial charge < -0.3 is 19.9 Å². The minimum Gasteiger partial charge on any atom is -0.378 e. The predicted molar refractivity (Wildman–Crippen MR) is 107 cm³/mol. The number of carbonyl (C=O) groups excluding carboxylic acids is 1. The van der Waals surface area contributed by atoms with Crippen molar-refractivity contribution in [2.45, 2.75) is 18.6 Å². The summed E-state index contributed by atoms with van der Waals surface area (Å²) in [5.74, 6) is -1.27. The lowest BCUT2D eigenvalue weighted by Gasteiger charge is -2.22. The summed E-state index contributed by atoms with van der Waals surface area (Å²) in [7, 11) is 0. The van der Waals surface area contributed by atoms with Crippen molar-refractivity contribution >= 4 is 11.6 Å². The van der Waals surface area contributed by atoms with Crippen LogP contribution in [-0.2, 0) is 22.1 Å². The SMILES string of the molecule is O=C(Cc1cccc(C(F)(F)F)n1)Nc1cnc(-n2ccc(C3COCCN3)c2)c(F)c1. The standard InChI is InChI=1S/C21H19F4N5O2/c22-16-8-15(29-19(31)9-14-2-1-3-18(28-14)21(23,24)25)10-27-20(16)30-6-4-13(11-30)17-12-32-7-5-26-17/h1-4,6,8,10-11,17,26H,5,7,9,12H2,(H,29,31). The topological polar surface area (TPSA) is 81.1 Å². The van der Waals surface area contributed by atoms with Gasteiger partial charge in [-0.25, -0.2) is 14.4 Å². The fourth-order valence-corrected chi connectivity index (χ4v) is 3.33. The van der Waals surface area contributed by atoms with Gasteiger partial charge in [0.2, 0.25) is 5.91 Å². The summed E-state index contributed by atoms with van der Waals surface area (Å²) < 4.78 is 59.9. The van der Waals surface area contributed by atoms with Crippen molar-refractivity contribution in [3.05, 3.63) is 71.7 Å². The number of morpholine rings is 1. The van der Waals surface area contributed by atoms with E-state index in [1.165, 1.54) is 22.9 Å². The number of carbonyl (C=O) groups is 1. The van der Waals surface area contributed by atoms with Crippen LogP contribution < -0.4 is 10.6 Å². The van der Waals surface area contributed by atoms with Gasteiger partial charge in [-0.2, -0.15) is 13.2 Å². The van der Waals surface area contributed by atoms with Crippen molar-refractivity contribution in [1.82, 2.24) is 19.9 Å². The molecule has 4 rings (SSSR count). The molecule has 4 heterocycles. The van der Waals surface area contributed by atoms with Crippen LogP contribution >= 0.6 is 0 Å². The molecule has 1 aliphatic heterocycles. The van der Waals surface area contributed by atoms with E-state index in [-0.39, 0.29) is 23.2 Å². The van der Waals surface area contributed by atoms with Crippen LogP contribution in [0.2, 0.25) is 0 Å². The summed E-state index contributed by atoms with van der Waals surface area (Å²) in [4.78, 5) is 19.7. The molecule has 0 saturated carbocycles. The van der Waals surface area contributed by atoms with Gasteiger partial charge in [-0.05, 0) is 23.8 Å². The summed E-state index contributed by atoms with van der Waals surface area (Å²) in [5.41, 5.74) is -0.127. The Morgan fingerprint density at radius 1 is 1.31 bits per heavy atom. The number of nitrogens with one attached hydrogen (secondary N) is 2. The number of nitrogens with zero attached hydrogens (tertiary/aromatic N) is 3. The molecule has 1 unspecified atom stereocenters. The van der Waals surface area contributed by atoms with Crippen LogP contribution in [-0.4, -0.2) is 40.2 Å². The Labute approximate surface area is 180 Å². The number of anilines is 1. The molecule has 32 heavy (non-hydrogen) atoms. The van der Waals surface area contributed by atoms with E-state index in [2.05, 4.69) is 20.6 Å². The largest absolute Gasteiger partial charge is 0.433 e. The van der Waals surface area contributed by atoms with Crippen LogP contribution in [0.25, 0.3) is 5.82 Å². The smallest absolute Gasteiger partial charge is 0.378 e. The van der Waals surface area contributed by atoms with Crippen LogP contribution in [0.5, 0.6) is 0 Å². The number of ether oxygens (including phenoxy) is 1. The molecule has 11 heteroatoms. The lowest BCUT2D eigenvalue weighted by Crippen LogP contribution is -2.34. The molecule has 0 bridgehead atoms. The van der Waals surface area contributed by atoms with Gasteiger partial charge in [0, 0.05) is 25.0 Å². The Hall–Kier alpha value is -3.31. The molecule has 168 valence electrons. The van der Waals surface area contributed by atoms with E-state index < -0.39 is 30.0 Å². The Morgan fingerprint density at radius 3 is 2.88 bits per heavy atom. The molecule has 2 N–H and O–H groups in total. The van der Waals surface area contributed by atoms with E-state index in [4.69, 9.17) is 4.74 Å². The van der Waals surface area contributed by atoms with Crippen molar-refractivity contribution in [2.24, 2.45) is 0 Å². The maximum absolute atomic E-state index is 14.6. The molecule has 0 aliphatic carbocycles. The van der Waals surface area contributed by atoms with Gasteiger partial charge in [-0.1, -0.05) is 6.07 Å². The van der Waals surface area contributed by atoms with Gasteiger partial charge in [0.15, 0.2) is 11.6 Å². The number of aromatic nitrogens is 3. The fraction of sp³-hybridized carbons (Fsp3) is 0.286. The molecule has 1 aliphatic rings. The number of rotatable bonds is 5. The van der Waals surface area contributed by atoms with Gasteiger partial charge in [-0.15, -0.1) is 0 Å². The second-order valence-corrected chi connectivity index (χ2v) is 7.20. The van der Waals surface area contributed by atoms with E-state index in [0.29, 0.717) is 13.2 Å². The van der Waals surface area contributed by atoms with Crippen molar-refractivity contribution in [3.8, 4) is 5.82 Å². The van der Waals surface area contributed by atoms with Crippen LogP contribution in [0.3, 0.4) is 0 Å². The van der Waals surface area contributed by atoms with Gasteiger partial charge in [0.05, 0.1) is 43.3 Å². The highest BCUT2D eigenvalue weighted by Crippen LogP contribution is 2.27. The molecular formula is C21H19F4N5O2. The van der Waals surface area contributed by atoms with E-state index in [9.17, 15) is 22.4 Å². The molecule has 1 amide bonds. The van der Waals surface area contributed by atoms with E-state index in [0.717, 1.165) is 24.2 Å². The van der Waals surface area contributed by atoms with E-state index >= 15 is 0 Å². The number of hydrogen-bond donors (Lipinski definition) is 2. The molecular weight excluding hydrogens is 430 g/mol. The highest BCUT2D eigenvalue weighted by molar-refractivity contribution is 5.91. The van der Waals surface area contributed by atoms with Crippen molar-refractivity contribution in [1.29, 1.82) is 0 Å². The third-order valence-corrected chi connectivity index (χ3v) is 4.83. The number of hydrogen-bond acceptors (Lipinski definition) is 5. The first-order chi connectivity index (χ1) is 15.3. The normalized spacial score (nSPS) is 16.7. The number of alkyl halides is 3. The summed E-state index contributed by atoms with van der Waals surface area (Å²) in [6, 6.07) is 6.26. The first-order valence-corrected chi connectivity index (χ1v) is 9.77. The number of pyridine rings is 2. The van der Waals surface area contributed by atoms with Crippen LogP contribution in [0.1, 0.15) is 23.0 Å². The average molecular weight is 449 g/mol. The highest BCUT2D eigenvalue weighted by Gasteiger charge is 2.32. The molecule has 1 atom stereocenters. The third-order valence-electron chi connectivity index (χ3n) is 4.83. The maximum atomic E-state index is 14.6. The lowest BCUT2D eigenvalue weighted by atomic mass is 10.1. The average Bonchev–Trinajstić information content (AvgIpc) is 3.24. The van der Waals surface area contributed by atoms with Gasteiger partial charge in [0.1, 0.15) is 5.69 Å². The molecule has 7 nitrogen and oxygen atoms in total. The maximum Gasteiger partial charge on any atom is 0.433 e. The Bertz CT molecular complexity index is 1110. The Morgan fingerprint density at radius 2 is 2.16 bits per heavy atom. The quantitative estimate of drug-likeness (QED) is 0.585. The molecule has 3 aromatic heterocycles. The minimum absolute atomic E-state index is 0.0103. The lowest BCUT2D eigenvalue weighted by molar-refractivity contribution is -0.141. The van der Waals surface area contributed by atoms with E-state index in [1.54, 1.807) is 12.4 Å². The second-order valence-electron chi connectivity index (χ2n) is 7.20. The van der Waals surface area contributed by atoms with E-state index in [1.807, 2.05) is 6.07 Å². The zero-order valence-electron chi connectivity index (χ0n) is 16.7. The second kappa shape index (κ2) is 9.05. The molecule has 0 aromatic carbocycles. The number of amides is 1. The number of halogens is 4. The Balaban J connectivity index is 1.42. The summed E-state index contributed by atoms with van der Waals surface area (Å²) in [6.45, 7) is 1.89. The summed E-state index contributed by atoms with van der Waals surface area (Å²) >= 11 is 0.